The first-order chi connectivity index (χ1) is 5.91. The maximum absolute atomic E-state index is 5.40. The van der Waals surface area contributed by atoms with Crippen molar-refractivity contribution in [3.05, 3.63) is 0 Å². The maximum Gasteiger partial charge on any atom is 0.0613 e. The highest BCUT2D eigenvalue weighted by atomic mass is 32.2. The van der Waals surface area contributed by atoms with Gasteiger partial charge in [0.05, 0.1) is 6.61 Å². The van der Waals surface area contributed by atoms with E-state index in [1.165, 1.54) is 44.3 Å². The smallest absolute Gasteiger partial charge is 0.0613 e. The Morgan fingerprint density at radius 1 is 0.917 bits per heavy atom. The fraction of sp³-hybridized carbons (Fsp3) is 1.00. The van der Waals surface area contributed by atoms with Crippen molar-refractivity contribution in [1.82, 2.24) is 0 Å². The molecule has 0 unspecified atom stereocenters. The minimum Gasteiger partial charge on any atom is -0.315 e. The highest BCUT2D eigenvalue weighted by Gasteiger charge is 1.90. The molecule has 0 aliphatic rings. The van der Waals surface area contributed by atoms with Gasteiger partial charge in [-0.2, -0.15) is 0 Å². The lowest BCUT2D eigenvalue weighted by Crippen LogP contribution is -1.88. The first-order valence-electron chi connectivity index (χ1n) is 5.16. The van der Waals surface area contributed by atoms with E-state index in [0.717, 1.165) is 6.61 Å². The topological polar surface area (TPSA) is 9.23 Å². The summed E-state index contributed by atoms with van der Waals surface area (Å²) in [4.78, 5) is 0. The van der Waals surface area contributed by atoms with Crippen LogP contribution in [0, 0.1) is 0 Å². The second kappa shape index (κ2) is 11.3. The van der Waals surface area contributed by atoms with Crippen LogP contribution in [0.15, 0.2) is 0 Å². The summed E-state index contributed by atoms with van der Waals surface area (Å²) in [5.41, 5.74) is 0. The lowest BCUT2D eigenvalue weighted by Gasteiger charge is -2.01. The molecule has 12 heavy (non-hydrogen) atoms. The quantitative estimate of drug-likeness (QED) is 0.401. The van der Waals surface area contributed by atoms with Crippen LogP contribution in [-0.2, 0) is 4.18 Å². The predicted octanol–water partition coefficient (Wildman–Crippen LogP) is 4.03. The molecule has 0 aromatic rings. The molecule has 0 saturated carbocycles. The number of hydrogen-bond donors (Lipinski definition) is 0. The van der Waals surface area contributed by atoms with E-state index < -0.39 is 0 Å². The van der Waals surface area contributed by atoms with Gasteiger partial charge in [-0.3, -0.25) is 0 Å². The molecule has 0 atom stereocenters. The van der Waals surface area contributed by atoms with Crippen molar-refractivity contribution in [3.63, 3.8) is 0 Å². The fourth-order valence-electron chi connectivity index (χ4n) is 0.940. The van der Waals surface area contributed by atoms with Gasteiger partial charge in [0.25, 0.3) is 0 Å². The lowest BCUT2D eigenvalue weighted by atomic mass is 10.3. The molecule has 0 rings (SSSR count). The van der Waals surface area contributed by atoms with E-state index in [9.17, 15) is 0 Å². The Hall–Kier alpha value is 0.310. The Kier molecular flexibility index (Phi) is 11.6. The second-order valence-corrected chi connectivity index (χ2v) is 3.94. The first-order valence-corrected chi connectivity index (χ1v) is 6.07. The summed E-state index contributed by atoms with van der Waals surface area (Å²) in [7, 11) is 0. The van der Waals surface area contributed by atoms with Crippen molar-refractivity contribution in [1.29, 1.82) is 0 Å². The third-order valence-corrected chi connectivity index (χ3v) is 2.53. The zero-order chi connectivity index (χ0) is 9.07. The molecule has 0 aliphatic heterocycles. The summed E-state index contributed by atoms with van der Waals surface area (Å²) >= 11 is 1.64. The average Bonchev–Trinajstić information content (AvgIpc) is 2.10. The Morgan fingerprint density at radius 2 is 1.58 bits per heavy atom. The molecule has 0 aromatic heterocycles. The van der Waals surface area contributed by atoms with Crippen molar-refractivity contribution >= 4 is 12.0 Å². The van der Waals surface area contributed by atoms with Gasteiger partial charge in [-0.05, 0) is 24.9 Å². The number of unbranched alkanes of at least 4 members (excludes halogenated alkanes) is 4. The monoisotopic (exact) mass is 190 g/mol. The van der Waals surface area contributed by atoms with Gasteiger partial charge in [0.2, 0.25) is 0 Å². The molecule has 0 spiro atoms. The maximum atomic E-state index is 5.40. The SMILES string of the molecule is CCCCCOSCCCCC. The molecule has 0 aliphatic carbocycles. The number of rotatable bonds is 9. The zero-order valence-electron chi connectivity index (χ0n) is 8.47. The van der Waals surface area contributed by atoms with Crippen molar-refractivity contribution in [3.8, 4) is 0 Å². The Labute approximate surface area is 81.5 Å². The average molecular weight is 190 g/mol. The molecule has 0 N–H and O–H groups in total. The van der Waals surface area contributed by atoms with E-state index >= 15 is 0 Å². The predicted molar refractivity (Wildman–Crippen MR) is 57.5 cm³/mol. The minimum atomic E-state index is 0.935. The van der Waals surface area contributed by atoms with Crippen LogP contribution in [-0.4, -0.2) is 12.4 Å². The van der Waals surface area contributed by atoms with Gasteiger partial charge in [0.1, 0.15) is 0 Å². The van der Waals surface area contributed by atoms with Crippen molar-refractivity contribution in [2.75, 3.05) is 12.4 Å². The number of hydrogen-bond acceptors (Lipinski definition) is 2. The van der Waals surface area contributed by atoms with Crippen LogP contribution < -0.4 is 0 Å². The summed E-state index contributed by atoms with van der Waals surface area (Å²) in [5, 5.41) is 0. The van der Waals surface area contributed by atoms with Crippen LogP contribution in [0.5, 0.6) is 0 Å². The summed E-state index contributed by atoms with van der Waals surface area (Å²) in [5.74, 6) is 1.17. The van der Waals surface area contributed by atoms with E-state index in [-0.39, 0.29) is 0 Å². The molecule has 74 valence electrons. The molecule has 0 fully saturated rings. The van der Waals surface area contributed by atoms with Crippen molar-refractivity contribution in [2.45, 2.75) is 52.4 Å². The van der Waals surface area contributed by atoms with E-state index in [4.69, 9.17) is 4.18 Å². The molecular formula is C10H22OS. The molecule has 1 nitrogen and oxygen atoms in total. The Balaban J connectivity index is 2.73. The van der Waals surface area contributed by atoms with Crippen molar-refractivity contribution < 1.29 is 4.18 Å². The normalized spacial score (nSPS) is 10.5. The van der Waals surface area contributed by atoms with Crippen molar-refractivity contribution in [2.24, 2.45) is 0 Å². The summed E-state index contributed by atoms with van der Waals surface area (Å²) in [6.45, 7) is 5.38. The highest BCUT2D eigenvalue weighted by Crippen LogP contribution is 2.08. The molecule has 0 heterocycles. The molecule has 2 heteroatoms. The molecular weight excluding hydrogens is 168 g/mol. The zero-order valence-corrected chi connectivity index (χ0v) is 9.29. The summed E-state index contributed by atoms with van der Waals surface area (Å²) in [6.07, 6.45) is 7.74. The van der Waals surface area contributed by atoms with Gasteiger partial charge in [-0.25, -0.2) is 0 Å². The van der Waals surface area contributed by atoms with Crippen LogP contribution in [0.1, 0.15) is 52.4 Å². The van der Waals surface area contributed by atoms with E-state index in [1.54, 1.807) is 12.0 Å². The molecule has 0 aromatic carbocycles. The Morgan fingerprint density at radius 3 is 2.25 bits per heavy atom. The molecule has 0 bridgehead atoms. The van der Waals surface area contributed by atoms with Gasteiger partial charge in [0, 0.05) is 5.75 Å². The van der Waals surface area contributed by atoms with Crippen LogP contribution in [0.3, 0.4) is 0 Å². The van der Waals surface area contributed by atoms with Crippen LogP contribution in [0.2, 0.25) is 0 Å². The fourth-order valence-corrected chi connectivity index (χ4v) is 1.62. The van der Waals surface area contributed by atoms with Gasteiger partial charge in [-0.15, -0.1) is 0 Å². The third-order valence-electron chi connectivity index (χ3n) is 1.75. The summed E-state index contributed by atoms with van der Waals surface area (Å²) in [6, 6.07) is 0. The van der Waals surface area contributed by atoms with Gasteiger partial charge in [0.15, 0.2) is 0 Å². The van der Waals surface area contributed by atoms with Gasteiger partial charge >= 0.3 is 0 Å². The standard InChI is InChI=1S/C10H22OS/c1-3-5-7-9-11-12-10-8-6-4-2/h3-10H2,1-2H3. The van der Waals surface area contributed by atoms with E-state index in [0.29, 0.717) is 0 Å². The Bertz CT molecular complexity index is 66.2. The molecule has 0 radical (unpaired) electrons. The van der Waals surface area contributed by atoms with Crippen LogP contribution in [0.4, 0.5) is 0 Å². The van der Waals surface area contributed by atoms with E-state index in [2.05, 4.69) is 13.8 Å². The second-order valence-electron chi connectivity index (χ2n) is 3.06. The van der Waals surface area contributed by atoms with Gasteiger partial charge in [-0.1, -0.05) is 39.5 Å². The van der Waals surface area contributed by atoms with E-state index in [1.807, 2.05) is 0 Å². The molecule has 0 amide bonds. The van der Waals surface area contributed by atoms with Crippen LogP contribution in [0.25, 0.3) is 0 Å². The first kappa shape index (κ1) is 12.3. The van der Waals surface area contributed by atoms with Gasteiger partial charge < -0.3 is 4.18 Å². The van der Waals surface area contributed by atoms with Crippen LogP contribution >= 0.6 is 12.0 Å². The minimum absolute atomic E-state index is 0.935. The third kappa shape index (κ3) is 10.3. The lowest BCUT2D eigenvalue weighted by molar-refractivity contribution is 0.357. The largest absolute Gasteiger partial charge is 0.315 e. The highest BCUT2D eigenvalue weighted by molar-refractivity contribution is 7.94. The summed E-state index contributed by atoms with van der Waals surface area (Å²) < 4.78 is 5.40. The molecule has 0 saturated heterocycles.